The van der Waals surface area contributed by atoms with E-state index in [-0.39, 0.29) is 6.04 Å². The lowest BCUT2D eigenvalue weighted by atomic mass is 10.1. The van der Waals surface area contributed by atoms with Crippen LogP contribution in [-0.4, -0.2) is 7.05 Å². The summed E-state index contributed by atoms with van der Waals surface area (Å²) in [5.41, 5.74) is 8.35. The van der Waals surface area contributed by atoms with Crippen LogP contribution in [0.25, 0.3) is 0 Å². The Bertz CT molecular complexity index is 462. The van der Waals surface area contributed by atoms with Crippen LogP contribution in [0.5, 0.6) is 0 Å². The Morgan fingerprint density at radius 3 is 2.50 bits per heavy atom. The Balaban J connectivity index is 2.04. The number of nitrogens with two attached hydrogens (primary N) is 1. The molecule has 0 aliphatic rings. The van der Waals surface area contributed by atoms with Gasteiger partial charge in [0, 0.05) is 18.8 Å². The van der Waals surface area contributed by atoms with E-state index in [9.17, 15) is 0 Å². The third kappa shape index (κ3) is 2.93. The number of furan rings is 1. The second-order valence-corrected chi connectivity index (χ2v) is 4.54. The summed E-state index contributed by atoms with van der Waals surface area (Å²) in [6.07, 6.45) is 2.66. The molecule has 0 bridgehead atoms. The van der Waals surface area contributed by atoms with Crippen molar-refractivity contribution in [3.05, 3.63) is 54.0 Å². The van der Waals surface area contributed by atoms with E-state index in [2.05, 4.69) is 43.1 Å². The molecule has 2 aromatic rings. The van der Waals surface area contributed by atoms with E-state index in [0.29, 0.717) is 0 Å². The molecule has 3 heteroatoms. The summed E-state index contributed by atoms with van der Waals surface area (Å²) in [5, 5.41) is 0. The lowest BCUT2D eigenvalue weighted by Crippen LogP contribution is -2.16. The molecule has 0 fully saturated rings. The van der Waals surface area contributed by atoms with Gasteiger partial charge in [0.2, 0.25) is 0 Å². The molecule has 0 saturated heterocycles. The van der Waals surface area contributed by atoms with Gasteiger partial charge in [-0.1, -0.05) is 19.1 Å². The smallest absolute Gasteiger partial charge is 0.123 e. The Morgan fingerprint density at radius 1 is 1.22 bits per heavy atom. The van der Waals surface area contributed by atoms with Crippen molar-refractivity contribution in [3.8, 4) is 0 Å². The minimum atomic E-state index is 0.134. The molecule has 18 heavy (non-hydrogen) atoms. The Hall–Kier alpha value is -1.74. The fourth-order valence-electron chi connectivity index (χ4n) is 1.94. The fraction of sp³-hybridized carbons (Fsp3) is 0.333. The lowest BCUT2D eigenvalue weighted by molar-refractivity contribution is 0.507. The molecular formula is C15H20N2O. The predicted octanol–water partition coefficient (Wildman–Crippen LogP) is 3.33. The standard InChI is InChI=1S/C15H20N2O/c1-3-15(16)12-6-8-13(9-7-12)17(2)11-14-5-4-10-18-14/h4-10,15H,3,11,16H2,1-2H3. The lowest BCUT2D eigenvalue weighted by Gasteiger charge is -2.19. The van der Waals surface area contributed by atoms with Crippen molar-refractivity contribution in [1.29, 1.82) is 0 Å². The number of benzene rings is 1. The first kappa shape index (κ1) is 12.7. The summed E-state index contributed by atoms with van der Waals surface area (Å²) < 4.78 is 5.34. The van der Waals surface area contributed by atoms with Gasteiger partial charge in [0.15, 0.2) is 0 Å². The van der Waals surface area contributed by atoms with E-state index in [1.54, 1.807) is 6.26 Å². The zero-order chi connectivity index (χ0) is 13.0. The second kappa shape index (κ2) is 5.74. The van der Waals surface area contributed by atoms with Crippen LogP contribution in [0.4, 0.5) is 5.69 Å². The van der Waals surface area contributed by atoms with E-state index in [1.807, 2.05) is 12.1 Å². The van der Waals surface area contributed by atoms with Crippen LogP contribution in [0.1, 0.15) is 30.7 Å². The molecule has 1 aromatic carbocycles. The van der Waals surface area contributed by atoms with Gasteiger partial charge in [0.25, 0.3) is 0 Å². The van der Waals surface area contributed by atoms with Crippen molar-refractivity contribution in [3.63, 3.8) is 0 Å². The summed E-state index contributed by atoms with van der Waals surface area (Å²) in [4.78, 5) is 2.15. The molecule has 0 aliphatic heterocycles. The molecule has 2 rings (SSSR count). The molecule has 0 aliphatic carbocycles. The van der Waals surface area contributed by atoms with Crippen LogP contribution < -0.4 is 10.6 Å². The van der Waals surface area contributed by atoms with E-state index < -0.39 is 0 Å². The van der Waals surface area contributed by atoms with E-state index >= 15 is 0 Å². The van der Waals surface area contributed by atoms with Gasteiger partial charge in [-0.05, 0) is 36.2 Å². The molecule has 96 valence electrons. The van der Waals surface area contributed by atoms with E-state index in [0.717, 1.165) is 18.7 Å². The zero-order valence-electron chi connectivity index (χ0n) is 11.0. The van der Waals surface area contributed by atoms with Crippen molar-refractivity contribution >= 4 is 5.69 Å². The predicted molar refractivity (Wildman–Crippen MR) is 74.5 cm³/mol. The van der Waals surface area contributed by atoms with Crippen LogP contribution in [0.2, 0.25) is 0 Å². The van der Waals surface area contributed by atoms with Crippen molar-refractivity contribution in [2.45, 2.75) is 25.9 Å². The SMILES string of the molecule is CCC(N)c1ccc(N(C)Cc2ccco2)cc1. The van der Waals surface area contributed by atoms with E-state index in [1.165, 1.54) is 11.3 Å². The monoisotopic (exact) mass is 244 g/mol. The summed E-state index contributed by atoms with van der Waals surface area (Å²) in [7, 11) is 2.05. The highest BCUT2D eigenvalue weighted by molar-refractivity contribution is 5.47. The summed E-state index contributed by atoms with van der Waals surface area (Å²) >= 11 is 0. The highest BCUT2D eigenvalue weighted by Gasteiger charge is 2.06. The molecule has 1 atom stereocenters. The van der Waals surface area contributed by atoms with Crippen molar-refractivity contribution in [1.82, 2.24) is 0 Å². The maximum Gasteiger partial charge on any atom is 0.123 e. The fourth-order valence-corrected chi connectivity index (χ4v) is 1.94. The summed E-state index contributed by atoms with van der Waals surface area (Å²) in [6, 6.07) is 12.4. The largest absolute Gasteiger partial charge is 0.467 e. The van der Waals surface area contributed by atoms with Crippen LogP contribution >= 0.6 is 0 Å². The minimum absolute atomic E-state index is 0.134. The Kier molecular flexibility index (Phi) is 4.05. The van der Waals surface area contributed by atoms with Crippen LogP contribution in [0.15, 0.2) is 47.1 Å². The highest BCUT2D eigenvalue weighted by Crippen LogP contribution is 2.20. The van der Waals surface area contributed by atoms with Crippen molar-refractivity contribution < 1.29 is 4.42 Å². The van der Waals surface area contributed by atoms with Gasteiger partial charge in [-0.3, -0.25) is 0 Å². The number of rotatable bonds is 5. The van der Waals surface area contributed by atoms with Crippen LogP contribution in [0, 0.1) is 0 Å². The van der Waals surface area contributed by atoms with Gasteiger partial charge < -0.3 is 15.1 Å². The molecule has 0 amide bonds. The van der Waals surface area contributed by atoms with Gasteiger partial charge in [-0.2, -0.15) is 0 Å². The average Bonchev–Trinajstić information content (AvgIpc) is 2.91. The first-order valence-corrected chi connectivity index (χ1v) is 6.29. The number of hydrogen-bond donors (Lipinski definition) is 1. The first-order chi connectivity index (χ1) is 8.70. The maximum absolute atomic E-state index is 6.00. The molecule has 0 spiro atoms. The van der Waals surface area contributed by atoms with Gasteiger partial charge in [-0.15, -0.1) is 0 Å². The highest BCUT2D eigenvalue weighted by atomic mass is 16.3. The van der Waals surface area contributed by atoms with Crippen molar-refractivity contribution in [2.24, 2.45) is 5.73 Å². The Morgan fingerprint density at radius 2 is 1.94 bits per heavy atom. The van der Waals surface area contributed by atoms with Crippen LogP contribution in [0.3, 0.4) is 0 Å². The van der Waals surface area contributed by atoms with Crippen LogP contribution in [-0.2, 0) is 6.54 Å². The first-order valence-electron chi connectivity index (χ1n) is 6.29. The topological polar surface area (TPSA) is 42.4 Å². The second-order valence-electron chi connectivity index (χ2n) is 4.54. The zero-order valence-corrected chi connectivity index (χ0v) is 11.0. The Labute approximate surface area is 108 Å². The van der Waals surface area contributed by atoms with Gasteiger partial charge in [-0.25, -0.2) is 0 Å². The summed E-state index contributed by atoms with van der Waals surface area (Å²) in [5.74, 6) is 0.965. The molecular weight excluding hydrogens is 224 g/mol. The summed E-state index contributed by atoms with van der Waals surface area (Å²) in [6.45, 7) is 2.87. The third-order valence-electron chi connectivity index (χ3n) is 3.17. The van der Waals surface area contributed by atoms with Gasteiger partial charge in [0.05, 0.1) is 12.8 Å². The molecule has 0 saturated carbocycles. The van der Waals surface area contributed by atoms with E-state index in [4.69, 9.17) is 10.2 Å². The molecule has 1 unspecified atom stereocenters. The number of nitrogens with zero attached hydrogens (tertiary/aromatic N) is 1. The molecule has 0 radical (unpaired) electrons. The molecule has 1 aromatic heterocycles. The quantitative estimate of drug-likeness (QED) is 0.877. The molecule has 2 N–H and O–H groups in total. The normalized spacial score (nSPS) is 12.4. The minimum Gasteiger partial charge on any atom is -0.467 e. The number of hydrogen-bond acceptors (Lipinski definition) is 3. The molecule has 1 heterocycles. The van der Waals surface area contributed by atoms with Gasteiger partial charge in [0.1, 0.15) is 5.76 Å². The third-order valence-corrected chi connectivity index (χ3v) is 3.17. The maximum atomic E-state index is 6.00. The molecule has 3 nitrogen and oxygen atoms in total. The van der Waals surface area contributed by atoms with Gasteiger partial charge >= 0.3 is 0 Å². The number of anilines is 1. The van der Waals surface area contributed by atoms with Crippen molar-refractivity contribution in [2.75, 3.05) is 11.9 Å². The average molecular weight is 244 g/mol.